The molecule has 140 valence electrons. The molecule has 9 heteroatoms. The molecule has 3 aromatic rings. The van der Waals surface area contributed by atoms with Crippen LogP contribution in [-0.2, 0) is 14.6 Å². The molecule has 2 aromatic carbocycles. The van der Waals surface area contributed by atoms with Gasteiger partial charge in [-0.3, -0.25) is 14.9 Å². The van der Waals surface area contributed by atoms with Crippen molar-refractivity contribution in [2.75, 3.05) is 16.4 Å². The van der Waals surface area contributed by atoms with E-state index >= 15 is 0 Å². The monoisotopic (exact) mass is 403 g/mol. The van der Waals surface area contributed by atoms with E-state index in [2.05, 4.69) is 15.6 Å². The van der Waals surface area contributed by atoms with E-state index < -0.39 is 15.7 Å². The van der Waals surface area contributed by atoms with Crippen molar-refractivity contribution in [3.63, 3.8) is 0 Å². The van der Waals surface area contributed by atoms with Gasteiger partial charge in [0.1, 0.15) is 0 Å². The predicted molar refractivity (Wildman–Crippen MR) is 106 cm³/mol. The third-order valence-electron chi connectivity index (χ3n) is 3.78. The van der Waals surface area contributed by atoms with Gasteiger partial charge >= 0.3 is 0 Å². The summed E-state index contributed by atoms with van der Waals surface area (Å²) in [7, 11) is -3.53. The number of hydrogen-bond donors (Lipinski definition) is 2. The molecule has 0 unspecified atom stereocenters. The summed E-state index contributed by atoms with van der Waals surface area (Å²) < 4.78 is 25.2. The van der Waals surface area contributed by atoms with E-state index in [4.69, 9.17) is 0 Å². The Morgan fingerprint density at radius 1 is 1.11 bits per heavy atom. The summed E-state index contributed by atoms with van der Waals surface area (Å²) in [5.41, 5.74) is 1.38. The second-order valence-electron chi connectivity index (χ2n) is 5.74. The normalized spacial score (nSPS) is 11.3. The highest BCUT2D eigenvalue weighted by atomic mass is 32.2. The Labute approximate surface area is 160 Å². The van der Waals surface area contributed by atoms with E-state index in [0.717, 1.165) is 4.70 Å². The predicted octanol–water partition coefficient (Wildman–Crippen LogP) is 3.30. The van der Waals surface area contributed by atoms with Crippen LogP contribution >= 0.6 is 11.3 Å². The van der Waals surface area contributed by atoms with Gasteiger partial charge in [0.15, 0.2) is 15.0 Å². The average molecular weight is 403 g/mol. The number of rotatable bonds is 5. The third-order valence-corrected chi connectivity index (χ3v) is 6.50. The van der Waals surface area contributed by atoms with Gasteiger partial charge in [0.2, 0.25) is 5.91 Å². The molecule has 0 aliphatic carbocycles. The zero-order chi connectivity index (χ0) is 19.6. The Hall–Kier alpha value is -2.78. The fourth-order valence-corrected chi connectivity index (χ4v) is 4.50. The van der Waals surface area contributed by atoms with Crippen LogP contribution in [-0.4, -0.2) is 31.0 Å². The third kappa shape index (κ3) is 4.15. The van der Waals surface area contributed by atoms with Crippen LogP contribution in [0.2, 0.25) is 0 Å². The number of aromatic nitrogens is 1. The van der Waals surface area contributed by atoms with Crippen LogP contribution in [0.3, 0.4) is 0 Å². The Morgan fingerprint density at radius 3 is 2.56 bits per heavy atom. The maximum Gasteiger partial charge on any atom is 0.258 e. The molecule has 2 N–H and O–H groups in total. The second kappa shape index (κ2) is 7.45. The number of hydrogen-bond acceptors (Lipinski definition) is 6. The summed E-state index contributed by atoms with van der Waals surface area (Å²) in [5, 5.41) is 5.70. The maximum absolute atomic E-state index is 12.6. The number of nitrogens with zero attached hydrogens (tertiary/aromatic N) is 1. The van der Waals surface area contributed by atoms with Crippen LogP contribution in [0.15, 0.2) is 47.4 Å². The molecule has 7 nitrogen and oxygen atoms in total. The van der Waals surface area contributed by atoms with Gasteiger partial charge in [0, 0.05) is 12.6 Å². The van der Waals surface area contributed by atoms with Crippen LogP contribution in [0, 0.1) is 0 Å². The van der Waals surface area contributed by atoms with Gasteiger partial charge in [-0.05, 0) is 30.3 Å². The van der Waals surface area contributed by atoms with Gasteiger partial charge in [-0.25, -0.2) is 13.4 Å². The van der Waals surface area contributed by atoms with Crippen LogP contribution in [0.25, 0.3) is 10.2 Å². The van der Waals surface area contributed by atoms with Crippen LogP contribution in [0.1, 0.15) is 24.2 Å². The standard InChI is InChI=1S/C18H17N3O4S2/c1-3-27(24,25)16-7-5-4-6-13(16)17(23)21-18-20-14-9-8-12(19-11(2)22)10-15(14)26-18/h4-10H,3H2,1-2H3,(H,19,22)(H,20,21,23). The fraction of sp³-hybridized carbons (Fsp3) is 0.167. The molecule has 0 bridgehead atoms. The summed E-state index contributed by atoms with van der Waals surface area (Å²) in [6.07, 6.45) is 0. The number of amides is 2. The van der Waals surface area contributed by atoms with E-state index in [1.165, 1.54) is 37.3 Å². The quantitative estimate of drug-likeness (QED) is 0.680. The first-order valence-corrected chi connectivity index (χ1v) is 10.6. The molecule has 0 radical (unpaired) electrons. The minimum absolute atomic E-state index is 0.000874. The van der Waals surface area contributed by atoms with Crippen molar-refractivity contribution in [2.24, 2.45) is 0 Å². The van der Waals surface area contributed by atoms with Crippen molar-refractivity contribution in [1.29, 1.82) is 0 Å². The molecule has 0 saturated heterocycles. The molecule has 27 heavy (non-hydrogen) atoms. The highest BCUT2D eigenvalue weighted by Gasteiger charge is 2.21. The number of carbonyl (C=O) groups excluding carboxylic acids is 2. The Balaban J connectivity index is 1.90. The number of carbonyl (C=O) groups is 2. The first-order valence-electron chi connectivity index (χ1n) is 8.11. The minimum atomic E-state index is -3.53. The molecule has 0 atom stereocenters. The molecule has 3 rings (SSSR count). The molecule has 0 aliphatic heterocycles. The molecule has 1 aromatic heterocycles. The molecule has 0 saturated carbocycles. The molecular formula is C18H17N3O4S2. The van der Waals surface area contributed by atoms with Crippen LogP contribution in [0.4, 0.5) is 10.8 Å². The summed E-state index contributed by atoms with van der Waals surface area (Å²) in [5.74, 6) is -0.811. The van der Waals surface area contributed by atoms with Crippen molar-refractivity contribution in [2.45, 2.75) is 18.7 Å². The summed E-state index contributed by atoms with van der Waals surface area (Å²) in [6, 6.07) is 11.3. The highest BCUT2D eigenvalue weighted by molar-refractivity contribution is 7.91. The average Bonchev–Trinajstić information content (AvgIpc) is 3.02. The van der Waals surface area contributed by atoms with E-state index in [9.17, 15) is 18.0 Å². The lowest BCUT2D eigenvalue weighted by molar-refractivity contribution is -0.114. The van der Waals surface area contributed by atoms with E-state index in [-0.39, 0.29) is 22.1 Å². The van der Waals surface area contributed by atoms with Crippen molar-refractivity contribution in [1.82, 2.24) is 4.98 Å². The lowest BCUT2D eigenvalue weighted by Gasteiger charge is -2.08. The summed E-state index contributed by atoms with van der Waals surface area (Å²) in [6.45, 7) is 2.95. The zero-order valence-electron chi connectivity index (χ0n) is 14.6. The first-order chi connectivity index (χ1) is 12.8. The lowest BCUT2D eigenvalue weighted by atomic mass is 10.2. The van der Waals surface area contributed by atoms with Gasteiger partial charge in [-0.15, -0.1) is 0 Å². The van der Waals surface area contributed by atoms with E-state index in [0.29, 0.717) is 16.3 Å². The van der Waals surface area contributed by atoms with Crippen LogP contribution < -0.4 is 10.6 Å². The number of nitrogens with one attached hydrogen (secondary N) is 2. The van der Waals surface area contributed by atoms with Gasteiger partial charge in [0.25, 0.3) is 5.91 Å². The topological polar surface area (TPSA) is 105 Å². The van der Waals surface area contributed by atoms with Crippen molar-refractivity contribution >= 4 is 54.0 Å². The van der Waals surface area contributed by atoms with Crippen molar-refractivity contribution in [3.05, 3.63) is 48.0 Å². The molecule has 0 fully saturated rings. The van der Waals surface area contributed by atoms with Gasteiger partial charge in [0.05, 0.1) is 26.4 Å². The summed E-state index contributed by atoms with van der Waals surface area (Å²) >= 11 is 1.24. The Morgan fingerprint density at radius 2 is 1.85 bits per heavy atom. The molecule has 2 amide bonds. The maximum atomic E-state index is 12.6. The van der Waals surface area contributed by atoms with Crippen molar-refractivity contribution in [3.8, 4) is 0 Å². The number of fused-ring (bicyclic) bond motifs is 1. The lowest BCUT2D eigenvalue weighted by Crippen LogP contribution is -2.17. The van der Waals surface area contributed by atoms with E-state index in [1.807, 2.05) is 0 Å². The largest absolute Gasteiger partial charge is 0.326 e. The Kier molecular flexibility index (Phi) is 5.24. The highest BCUT2D eigenvalue weighted by Crippen LogP contribution is 2.29. The molecule has 0 aliphatic rings. The smallest absolute Gasteiger partial charge is 0.258 e. The number of sulfone groups is 1. The van der Waals surface area contributed by atoms with Crippen LogP contribution in [0.5, 0.6) is 0 Å². The second-order valence-corrected chi connectivity index (χ2v) is 9.01. The van der Waals surface area contributed by atoms with E-state index in [1.54, 1.807) is 30.3 Å². The molecule has 1 heterocycles. The number of benzene rings is 2. The van der Waals surface area contributed by atoms with Gasteiger partial charge in [-0.1, -0.05) is 30.4 Å². The zero-order valence-corrected chi connectivity index (χ0v) is 16.3. The SMILES string of the molecule is CCS(=O)(=O)c1ccccc1C(=O)Nc1nc2ccc(NC(C)=O)cc2s1. The Bertz CT molecular complexity index is 1140. The van der Waals surface area contributed by atoms with Crippen molar-refractivity contribution < 1.29 is 18.0 Å². The first kappa shape index (κ1) is 19.0. The fourth-order valence-electron chi connectivity index (χ4n) is 2.50. The minimum Gasteiger partial charge on any atom is -0.326 e. The molecule has 0 spiro atoms. The van der Waals surface area contributed by atoms with Gasteiger partial charge in [-0.2, -0.15) is 0 Å². The molecular weight excluding hydrogens is 386 g/mol. The van der Waals surface area contributed by atoms with Gasteiger partial charge < -0.3 is 5.32 Å². The summed E-state index contributed by atoms with van der Waals surface area (Å²) in [4.78, 5) is 28.1. The number of anilines is 2. The number of thiazole rings is 1.